The van der Waals surface area contributed by atoms with Gasteiger partial charge in [-0.25, -0.2) is 0 Å². The maximum absolute atomic E-state index is 10.7. The molecule has 70 valence electrons. The van der Waals surface area contributed by atoms with Crippen LogP contribution in [0.3, 0.4) is 0 Å². The highest BCUT2D eigenvalue weighted by atomic mass is 35.5. The number of aryl methyl sites for hydroxylation is 1. The van der Waals surface area contributed by atoms with Gasteiger partial charge in [0.1, 0.15) is 5.78 Å². The Morgan fingerprint density at radius 2 is 2.23 bits per heavy atom. The first-order valence-corrected chi connectivity index (χ1v) is 4.47. The number of hydrogen-bond donors (Lipinski definition) is 1. The van der Waals surface area contributed by atoms with Gasteiger partial charge < -0.3 is 5.32 Å². The molecule has 0 bridgehead atoms. The molecular formula is C10H12ClNO. The Kier molecular flexibility index (Phi) is 3.32. The Balaban J connectivity index is 2.68. The van der Waals surface area contributed by atoms with E-state index in [1.807, 2.05) is 25.1 Å². The fraction of sp³-hybridized carbons (Fsp3) is 0.300. The van der Waals surface area contributed by atoms with E-state index in [1.54, 1.807) is 6.92 Å². The number of ketones is 1. The molecule has 0 aliphatic carbocycles. The molecule has 2 nitrogen and oxygen atoms in total. The van der Waals surface area contributed by atoms with E-state index in [4.69, 9.17) is 11.6 Å². The molecule has 0 aromatic heterocycles. The van der Waals surface area contributed by atoms with Crippen LogP contribution in [0.25, 0.3) is 0 Å². The summed E-state index contributed by atoms with van der Waals surface area (Å²) in [7, 11) is 0. The van der Waals surface area contributed by atoms with E-state index < -0.39 is 0 Å². The number of anilines is 1. The van der Waals surface area contributed by atoms with Gasteiger partial charge in [0.05, 0.1) is 6.54 Å². The summed E-state index contributed by atoms with van der Waals surface area (Å²) in [5, 5.41) is 3.69. The molecule has 1 aromatic carbocycles. The molecule has 0 aliphatic rings. The minimum Gasteiger partial charge on any atom is -0.378 e. The Bertz CT molecular complexity index is 323. The normalized spacial score (nSPS) is 9.77. The SMILES string of the molecule is CC(=O)CNc1ccc(C)c(Cl)c1. The summed E-state index contributed by atoms with van der Waals surface area (Å²) < 4.78 is 0. The zero-order valence-electron chi connectivity index (χ0n) is 7.73. The third-order valence-electron chi connectivity index (χ3n) is 1.71. The number of Topliss-reactive ketones (excluding diaryl/α,β-unsaturated/α-hetero) is 1. The molecule has 0 spiro atoms. The van der Waals surface area contributed by atoms with E-state index in [-0.39, 0.29) is 5.78 Å². The maximum atomic E-state index is 10.7. The molecule has 0 aliphatic heterocycles. The molecule has 0 heterocycles. The summed E-state index contributed by atoms with van der Waals surface area (Å²) in [5.74, 6) is 0.108. The van der Waals surface area contributed by atoms with Crippen molar-refractivity contribution in [2.75, 3.05) is 11.9 Å². The second-order valence-electron chi connectivity index (χ2n) is 3.02. The minimum absolute atomic E-state index is 0.108. The van der Waals surface area contributed by atoms with E-state index >= 15 is 0 Å². The second kappa shape index (κ2) is 4.28. The van der Waals surface area contributed by atoms with Crippen molar-refractivity contribution in [2.24, 2.45) is 0 Å². The van der Waals surface area contributed by atoms with Crippen LogP contribution in [-0.4, -0.2) is 12.3 Å². The first-order chi connectivity index (χ1) is 6.09. The summed E-state index contributed by atoms with van der Waals surface area (Å²) in [6.45, 7) is 3.83. The fourth-order valence-corrected chi connectivity index (χ4v) is 1.11. The summed E-state index contributed by atoms with van der Waals surface area (Å²) >= 11 is 5.90. The highest BCUT2D eigenvalue weighted by molar-refractivity contribution is 6.31. The molecule has 0 radical (unpaired) electrons. The first kappa shape index (κ1) is 10.1. The topological polar surface area (TPSA) is 29.1 Å². The molecule has 13 heavy (non-hydrogen) atoms. The Labute approximate surface area is 82.9 Å². The van der Waals surface area contributed by atoms with Crippen LogP contribution in [-0.2, 0) is 4.79 Å². The van der Waals surface area contributed by atoms with Gasteiger partial charge >= 0.3 is 0 Å². The summed E-state index contributed by atoms with van der Waals surface area (Å²) in [6, 6.07) is 5.65. The standard InChI is InChI=1S/C10H12ClNO/c1-7-3-4-9(5-10(7)11)12-6-8(2)13/h3-5,12H,6H2,1-2H3. The van der Waals surface area contributed by atoms with Crippen molar-refractivity contribution in [3.8, 4) is 0 Å². The molecular weight excluding hydrogens is 186 g/mol. The van der Waals surface area contributed by atoms with E-state index in [2.05, 4.69) is 5.32 Å². The van der Waals surface area contributed by atoms with Crippen LogP contribution in [0.5, 0.6) is 0 Å². The van der Waals surface area contributed by atoms with Gasteiger partial charge in [-0.1, -0.05) is 17.7 Å². The van der Waals surface area contributed by atoms with Gasteiger partial charge in [0.2, 0.25) is 0 Å². The Hall–Kier alpha value is -1.02. The van der Waals surface area contributed by atoms with Crippen LogP contribution in [0.4, 0.5) is 5.69 Å². The average molecular weight is 198 g/mol. The number of carbonyl (C=O) groups is 1. The van der Waals surface area contributed by atoms with Crippen molar-refractivity contribution >= 4 is 23.1 Å². The molecule has 0 saturated heterocycles. The largest absolute Gasteiger partial charge is 0.378 e. The van der Waals surface area contributed by atoms with E-state index in [9.17, 15) is 4.79 Å². The lowest BCUT2D eigenvalue weighted by Gasteiger charge is -2.05. The molecule has 1 rings (SSSR count). The molecule has 0 unspecified atom stereocenters. The van der Waals surface area contributed by atoms with Crippen LogP contribution >= 0.6 is 11.6 Å². The quantitative estimate of drug-likeness (QED) is 0.807. The predicted octanol–water partition coefficient (Wildman–Crippen LogP) is 2.65. The lowest BCUT2D eigenvalue weighted by Crippen LogP contribution is -2.09. The van der Waals surface area contributed by atoms with Crippen molar-refractivity contribution in [1.82, 2.24) is 0 Å². The van der Waals surface area contributed by atoms with Crippen LogP contribution < -0.4 is 5.32 Å². The molecule has 0 amide bonds. The number of rotatable bonds is 3. The van der Waals surface area contributed by atoms with Gasteiger partial charge in [-0.3, -0.25) is 4.79 Å². The van der Waals surface area contributed by atoms with Crippen molar-refractivity contribution in [2.45, 2.75) is 13.8 Å². The smallest absolute Gasteiger partial charge is 0.148 e. The zero-order valence-corrected chi connectivity index (χ0v) is 8.48. The van der Waals surface area contributed by atoms with Crippen LogP contribution in [0.2, 0.25) is 5.02 Å². The maximum Gasteiger partial charge on any atom is 0.148 e. The van der Waals surface area contributed by atoms with Crippen molar-refractivity contribution in [3.63, 3.8) is 0 Å². The van der Waals surface area contributed by atoms with E-state index in [0.717, 1.165) is 11.3 Å². The van der Waals surface area contributed by atoms with Gasteiger partial charge in [-0.05, 0) is 31.5 Å². The Morgan fingerprint density at radius 1 is 1.54 bits per heavy atom. The molecule has 0 atom stereocenters. The molecule has 1 N–H and O–H groups in total. The van der Waals surface area contributed by atoms with Crippen molar-refractivity contribution in [1.29, 1.82) is 0 Å². The van der Waals surface area contributed by atoms with Crippen LogP contribution in [0.1, 0.15) is 12.5 Å². The van der Waals surface area contributed by atoms with Crippen molar-refractivity contribution in [3.05, 3.63) is 28.8 Å². The average Bonchev–Trinajstić information content (AvgIpc) is 2.07. The minimum atomic E-state index is 0.108. The second-order valence-corrected chi connectivity index (χ2v) is 3.43. The predicted molar refractivity (Wildman–Crippen MR) is 55.4 cm³/mol. The third-order valence-corrected chi connectivity index (χ3v) is 2.12. The summed E-state index contributed by atoms with van der Waals surface area (Å²) in [4.78, 5) is 10.7. The number of benzene rings is 1. The zero-order chi connectivity index (χ0) is 9.84. The van der Waals surface area contributed by atoms with Crippen LogP contribution in [0.15, 0.2) is 18.2 Å². The number of halogens is 1. The number of hydrogen-bond acceptors (Lipinski definition) is 2. The first-order valence-electron chi connectivity index (χ1n) is 4.09. The third kappa shape index (κ3) is 3.07. The molecule has 0 saturated carbocycles. The lowest BCUT2D eigenvalue weighted by molar-refractivity contribution is -0.115. The van der Waals surface area contributed by atoms with E-state index in [1.165, 1.54) is 0 Å². The summed E-state index contributed by atoms with van der Waals surface area (Å²) in [6.07, 6.45) is 0. The highest BCUT2D eigenvalue weighted by Crippen LogP contribution is 2.19. The summed E-state index contributed by atoms with van der Waals surface area (Å²) in [5.41, 5.74) is 1.92. The lowest BCUT2D eigenvalue weighted by atomic mass is 10.2. The van der Waals surface area contributed by atoms with Gasteiger partial charge in [0.25, 0.3) is 0 Å². The van der Waals surface area contributed by atoms with Gasteiger partial charge in [-0.15, -0.1) is 0 Å². The van der Waals surface area contributed by atoms with Gasteiger partial charge in [0, 0.05) is 10.7 Å². The Morgan fingerprint density at radius 3 is 2.77 bits per heavy atom. The molecule has 1 aromatic rings. The van der Waals surface area contributed by atoms with Gasteiger partial charge in [0.15, 0.2) is 0 Å². The van der Waals surface area contributed by atoms with E-state index in [0.29, 0.717) is 11.6 Å². The van der Waals surface area contributed by atoms with Gasteiger partial charge in [-0.2, -0.15) is 0 Å². The fourth-order valence-electron chi connectivity index (χ4n) is 0.929. The number of carbonyl (C=O) groups excluding carboxylic acids is 1. The van der Waals surface area contributed by atoms with Crippen LogP contribution in [0, 0.1) is 6.92 Å². The molecule has 0 fully saturated rings. The van der Waals surface area contributed by atoms with Crippen molar-refractivity contribution < 1.29 is 4.79 Å². The highest BCUT2D eigenvalue weighted by Gasteiger charge is 1.98. The molecule has 3 heteroatoms. The number of nitrogens with one attached hydrogen (secondary N) is 1. The monoisotopic (exact) mass is 197 g/mol.